The van der Waals surface area contributed by atoms with E-state index in [0.717, 1.165) is 0 Å². The van der Waals surface area contributed by atoms with Gasteiger partial charge >= 0.3 is 29.0 Å². The SMILES string of the molecule is C=C(C)C(=O)O.C=C(C)C(=O)O.O=C([O-])c1c([N+](=O)[O-])ccc2ccccc12.O=C([O-])c1c([N+](=O)[O-])ccc2ccccc12.[Cu+2]. The fourth-order valence-electron chi connectivity index (χ4n) is 3.25. The molecule has 0 heterocycles. The molecule has 2 N–H and O–H groups in total. The van der Waals surface area contributed by atoms with Crippen molar-refractivity contribution in [3.8, 4) is 0 Å². The second kappa shape index (κ2) is 17.9. The summed E-state index contributed by atoms with van der Waals surface area (Å²) in [5, 5.41) is 60.9. The number of carboxylic acid groups (broad SMARTS) is 4. The van der Waals surface area contributed by atoms with E-state index in [9.17, 15) is 49.6 Å². The Labute approximate surface area is 265 Å². The van der Waals surface area contributed by atoms with Crippen LogP contribution >= 0.6 is 0 Å². The first-order valence-corrected chi connectivity index (χ1v) is 12.0. The van der Waals surface area contributed by atoms with Gasteiger partial charge in [0, 0.05) is 23.3 Å². The molecule has 0 aliphatic heterocycles. The number of fused-ring (bicyclic) bond motifs is 2. The molecular weight excluding hydrogens is 644 g/mol. The number of aliphatic carboxylic acids is 2. The molecule has 0 saturated carbocycles. The number of nitrogens with zero attached hydrogens (tertiary/aromatic N) is 2. The number of carbonyl (C=O) groups is 4. The average Bonchev–Trinajstić information content (AvgIpc) is 2.96. The van der Waals surface area contributed by atoms with E-state index in [0.29, 0.717) is 21.5 Å². The number of carbonyl (C=O) groups excluding carboxylic acids is 2. The molecule has 0 saturated heterocycles. The number of hydrogen-bond donors (Lipinski definition) is 2. The van der Waals surface area contributed by atoms with E-state index in [1.165, 1.54) is 50.2 Å². The quantitative estimate of drug-likeness (QED) is 0.130. The van der Waals surface area contributed by atoms with Gasteiger partial charge in [0.1, 0.15) is 0 Å². The van der Waals surface area contributed by atoms with Crippen molar-refractivity contribution in [2.24, 2.45) is 0 Å². The third-order valence-corrected chi connectivity index (χ3v) is 5.35. The molecule has 15 heteroatoms. The Morgan fingerprint density at radius 2 is 0.867 bits per heavy atom. The number of aromatic carboxylic acids is 2. The number of carboxylic acids is 4. The molecule has 0 atom stereocenters. The number of rotatable bonds is 6. The Morgan fingerprint density at radius 1 is 0.600 bits per heavy atom. The van der Waals surface area contributed by atoms with Crippen LogP contribution in [0.4, 0.5) is 11.4 Å². The monoisotopic (exact) mass is 667 g/mol. The Bertz CT molecular complexity index is 1650. The molecule has 4 aromatic rings. The van der Waals surface area contributed by atoms with E-state index >= 15 is 0 Å². The van der Waals surface area contributed by atoms with Crippen molar-refractivity contribution in [2.45, 2.75) is 13.8 Å². The van der Waals surface area contributed by atoms with Crippen LogP contribution < -0.4 is 10.2 Å². The molecule has 237 valence electrons. The third kappa shape index (κ3) is 11.4. The van der Waals surface area contributed by atoms with E-state index in [1.807, 2.05) is 0 Å². The van der Waals surface area contributed by atoms with E-state index < -0.39 is 45.1 Å². The molecule has 45 heavy (non-hydrogen) atoms. The topological polar surface area (TPSA) is 241 Å². The second-order valence-corrected chi connectivity index (χ2v) is 8.62. The van der Waals surface area contributed by atoms with Gasteiger partial charge in [-0.25, -0.2) is 9.59 Å². The van der Waals surface area contributed by atoms with Crippen molar-refractivity contribution < 1.29 is 66.5 Å². The van der Waals surface area contributed by atoms with Crippen molar-refractivity contribution in [3.63, 3.8) is 0 Å². The maximum absolute atomic E-state index is 10.9. The summed E-state index contributed by atoms with van der Waals surface area (Å²) < 4.78 is 0. The maximum atomic E-state index is 10.9. The van der Waals surface area contributed by atoms with Gasteiger partial charge in [0.25, 0.3) is 11.4 Å². The minimum atomic E-state index is -1.54. The summed E-state index contributed by atoms with van der Waals surface area (Å²) in [4.78, 5) is 61.0. The molecule has 0 unspecified atom stereocenters. The first-order chi connectivity index (χ1) is 20.5. The van der Waals surface area contributed by atoms with Crippen molar-refractivity contribution in [1.82, 2.24) is 0 Å². The molecule has 4 aromatic carbocycles. The third-order valence-electron chi connectivity index (χ3n) is 5.35. The number of nitro groups is 2. The fraction of sp³-hybridized carbons (Fsp3) is 0.0667. The van der Waals surface area contributed by atoms with Gasteiger partial charge in [0.2, 0.25) is 0 Å². The summed E-state index contributed by atoms with van der Waals surface area (Å²) in [5.74, 6) is -4.95. The van der Waals surface area contributed by atoms with Gasteiger partial charge in [-0.15, -0.1) is 0 Å². The zero-order chi connectivity index (χ0) is 33.7. The molecule has 0 aliphatic carbocycles. The standard InChI is InChI=1S/2C11H7NO4.2C4H6O2.Cu/c2*13-11(14)10-8-4-2-1-3-7(8)5-6-9(10)12(15)16;2*1-3(2)4(5)6;/h2*1-6H,(H,13,14);2*1H2,2H3,(H,5,6);/q;;;;+2/p-2. The van der Waals surface area contributed by atoms with Gasteiger partial charge < -0.3 is 30.0 Å². The largest absolute Gasteiger partial charge is 2.00 e. The van der Waals surface area contributed by atoms with Gasteiger partial charge in [-0.1, -0.05) is 61.7 Å². The molecular formula is C30H24CuN2O12. The van der Waals surface area contributed by atoms with Crippen LogP contribution in [0, 0.1) is 20.2 Å². The minimum absolute atomic E-state index is 0. The van der Waals surface area contributed by atoms with Crippen LogP contribution in [0.25, 0.3) is 21.5 Å². The molecule has 1 radical (unpaired) electrons. The smallest absolute Gasteiger partial charge is 0.545 e. The number of nitro benzene ring substituents is 2. The van der Waals surface area contributed by atoms with Crippen LogP contribution in [0.3, 0.4) is 0 Å². The molecule has 0 spiro atoms. The van der Waals surface area contributed by atoms with Gasteiger partial charge in [-0.05, 0) is 47.5 Å². The summed E-state index contributed by atoms with van der Waals surface area (Å²) in [6.07, 6.45) is 0. The van der Waals surface area contributed by atoms with Crippen molar-refractivity contribution in [2.75, 3.05) is 0 Å². The van der Waals surface area contributed by atoms with Gasteiger partial charge in [-0.2, -0.15) is 0 Å². The second-order valence-electron chi connectivity index (χ2n) is 8.62. The Morgan fingerprint density at radius 3 is 1.09 bits per heavy atom. The average molecular weight is 668 g/mol. The van der Waals surface area contributed by atoms with Crippen LogP contribution in [0.5, 0.6) is 0 Å². The van der Waals surface area contributed by atoms with Gasteiger partial charge in [0.15, 0.2) is 0 Å². The van der Waals surface area contributed by atoms with Crippen molar-refractivity contribution >= 4 is 56.8 Å². The summed E-state index contributed by atoms with van der Waals surface area (Å²) in [5.41, 5.74) is -1.28. The molecule has 14 nitrogen and oxygen atoms in total. The predicted molar refractivity (Wildman–Crippen MR) is 155 cm³/mol. The molecule has 4 rings (SSSR count). The van der Waals surface area contributed by atoms with E-state index in [4.69, 9.17) is 10.2 Å². The Hall–Kier alpha value is -5.92. The Balaban J connectivity index is 0.000000629. The summed E-state index contributed by atoms with van der Waals surface area (Å²) >= 11 is 0. The van der Waals surface area contributed by atoms with Crippen LogP contribution in [-0.4, -0.2) is 43.9 Å². The van der Waals surface area contributed by atoms with Crippen LogP contribution in [0.2, 0.25) is 0 Å². The van der Waals surface area contributed by atoms with E-state index in [2.05, 4.69) is 13.2 Å². The normalized spacial score (nSPS) is 9.29. The molecule has 0 amide bonds. The van der Waals surface area contributed by atoms with Crippen LogP contribution in [0.1, 0.15) is 34.6 Å². The number of benzene rings is 4. The van der Waals surface area contributed by atoms with E-state index in [-0.39, 0.29) is 39.3 Å². The minimum Gasteiger partial charge on any atom is -0.545 e. The van der Waals surface area contributed by atoms with E-state index in [1.54, 1.807) is 36.4 Å². The summed E-state index contributed by atoms with van der Waals surface area (Å²) in [6, 6.07) is 18.5. The predicted octanol–water partition coefficient (Wildman–Crippen LogP) is 3.51. The fourth-order valence-corrected chi connectivity index (χ4v) is 3.25. The van der Waals surface area contributed by atoms with Gasteiger partial charge in [0.05, 0.1) is 32.9 Å². The maximum Gasteiger partial charge on any atom is 2.00 e. The molecule has 0 bridgehead atoms. The van der Waals surface area contributed by atoms with Crippen molar-refractivity contribution in [3.05, 3.63) is 128 Å². The molecule has 0 aliphatic rings. The molecule has 0 fully saturated rings. The van der Waals surface area contributed by atoms with Crippen LogP contribution in [-0.2, 0) is 26.7 Å². The number of hydrogen-bond acceptors (Lipinski definition) is 10. The van der Waals surface area contributed by atoms with Gasteiger partial charge in [-0.3, -0.25) is 20.2 Å². The Kier molecular flexibility index (Phi) is 15.5. The van der Waals surface area contributed by atoms with Crippen LogP contribution in [0.15, 0.2) is 97.1 Å². The van der Waals surface area contributed by atoms with Crippen molar-refractivity contribution in [1.29, 1.82) is 0 Å². The summed E-state index contributed by atoms with van der Waals surface area (Å²) in [6.45, 7) is 9.20. The molecule has 0 aromatic heterocycles. The first kappa shape index (κ1) is 39.1. The summed E-state index contributed by atoms with van der Waals surface area (Å²) in [7, 11) is 0. The zero-order valence-corrected chi connectivity index (χ0v) is 24.5. The first-order valence-electron chi connectivity index (χ1n) is 12.0. The zero-order valence-electron chi connectivity index (χ0n) is 23.5.